The third-order valence-electron chi connectivity index (χ3n) is 8.35. The van der Waals surface area contributed by atoms with E-state index >= 15 is 0 Å². The molecular formula is C34H41F2N5O2. The minimum atomic E-state index is -0.601. The van der Waals surface area contributed by atoms with Crippen LogP contribution in [0.1, 0.15) is 37.4 Å². The second-order valence-electron chi connectivity index (χ2n) is 11.8. The lowest BCUT2D eigenvalue weighted by atomic mass is 9.96. The van der Waals surface area contributed by atoms with E-state index in [0.29, 0.717) is 45.7 Å². The monoisotopic (exact) mass is 589 g/mol. The summed E-state index contributed by atoms with van der Waals surface area (Å²) in [6.07, 6.45) is 0.558. The Morgan fingerprint density at radius 2 is 1.21 bits per heavy atom. The van der Waals surface area contributed by atoms with E-state index in [2.05, 4.69) is 41.1 Å². The van der Waals surface area contributed by atoms with Crippen molar-refractivity contribution in [2.75, 3.05) is 57.3 Å². The highest BCUT2D eigenvalue weighted by Gasteiger charge is 2.33. The molecule has 9 heteroatoms. The summed E-state index contributed by atoms with van der Waals surface area (Å²) in [5.74, 6) is -0.460. The second kappa shape index (κ2) is 14.0. The first kappa shape index (κ1) is 30.5. The van der Waals surface area contributed by atoms with Gasteiger partial charge in [0.1, 0.15) is 17.7 Å². The summed E-state index contributed by atoms with van der Waals surface area (Å²) < 4.78 is 27.4. The summed E-state index contributed by atoms with van der Waals surface area (Å²) >= 11 is 0. The van der Waals surface area contributed by atoms with Crippen molar-refractivity contribution in [3.05, 3.63) is 102 Å². The van der Waals surface area contributed by atoms with Gasteiger partial charge in [-0.25, -0.2) is 13.6 Å². The number of anilines is 1. The number of rotatable bonds is 8. The molecule has 3 aromatic carbocycles. The highest BCUT2D eigenvalue weighted by atomic mass is 19.1. The number of hydrogen-bond acceptors (Lipinski definition) is 4. The van der Waals surface area contributed by atoms with E-state index in [1.165, 1.54) is 24.3 Å². The number of urea groups is 1. The van der Waals surface area contributed by atoms with Crippen molar-refractivity contribution in [3.63, 3.8) is 0 Å². The van der Waals surface area contributed by atoms with Gasteiger partial charge in [0.05, 0.1) is 6.04 Å². The summed E-state index contributed by atoms with van der Waals surface area (Å²) in [4.78, 5) is 35.2. The molecule has 0 unspecified atom stereocenters. The zero-order valence-electron chi connectivity index (χ0n) is 25.0. The van der Waals surface area contributed by atoms with E-state index in [4.69, 9.17) is 0 Å². The normalized spacial score (nSPS) is 16.9. The minimum absolute atomic E-state index is 0.0651. The lowest BCUT2D eigenvalue weighted by Crippen LogP contribution is -2.58. The van der Waals surface area contributed by atoms with E-state index in [1.54, 1.807) is 29.2 Å². The van der Waals surface area contributed by atoms with Crippen molar-refractivity contribution in [1.29, 1.82) is 0 Å². The van der Waals surface area contributed by atoms with Crippen LogP contribution in [0.2, 0.25) is 0 Å². The number of nitrogens with zero attached hydrogens (tertiary/aromatic N) is 4. The molecule has 0 saturated carbocycles. The van der Waals surface area contributed by atoms with Gasteiger partial charge in [-0.05, 0) is 59.9 Å². The van der Waals surface area contributed by atoms with Gasteiger partial charge in [0.15, 0.2) is 0 Å². The van der Waals surface area contributed by atoms with Crippen LogP contribution in [0.4, 0.5) is 19.3 Å². The van der Waals surface area contributed by atoms with E-state index in [9.17, 15) is 18.4 Å². The molecule has 3 aromatic rings. The first-order valence-electron chi connectivity index (χ1n) is 15.2. The quantitative estimate of drug-likeness (QED) is 0.395. The zero-order chi connectivity index (χ0) is 30.3. The Bertz CT molecular complexity index is 1290. The maximum Gasteiger partial charge on any atom is 0.318 e. The predicted molar refractivity (Wildman–Crippen MR) is 165 cm³/mol. The summed E-state index contributed by atoms with van der Waals surface area (Å²) in [6.45, 7) is 8.96. The Labute approximate surface area is 253 Å². The van der Waals surface area contributed by atoms with Crippen LogP contribution in [-0.4, -0.2) is 85.0 Å². The van der Waals surface area contributed by atoms with Crippen molar-refractivity contribution >= 4 is 17.6 Å². The molecule has 1 atom stereocenters. The van der Waals surface area contributed by atoms with E-state index in [0.717, 1.165) is 29.9 Å². The van der Waals surface area contributed by atoms with Crippen LogP contribution in [0.25, 0.3) is 0 Å². The maximum absolute atomic E-state index is 13.8. The van der Waals surface area contributed by atoms with Crippen molar-refractivity contribution < 1.29 is 18.4 Å². The molecule has 5 rings (SSSR count). The summed E-state index contributed by atoms with van der Waals surface area (Å²) in [5.41, 5.74) is 2.96. The first-order chi connectivity index (χ1) is 20.8. The fraction of sp³-hybridized carbons (Fsp3) is 0.412. The summed E-state index contributed by atoms with van der Waals surface area (Å²) in [5, 5.41) is 3.06. The van der Waals surface area contributed by atoms with Gasteiger partial charge in [-0.2, -0.15) is 0 Å². The molecule has 0 radical (unpaired) electrons. The van der Waals surface area contributed by atoms with Gasteiger partial charge in [0.25, 0.3) is 0 Å². The van der Waals surface area contributed by atoms with Crippen LogP contribution in [0, 0.1) is 17.6 Å². The summed E-state index contributed by atoms with van der Waals surface area (Å²) in [7, 11) is 0. The first-order valence-corrected chi connectivity index (χ1v) is 15.2. The van der Waals surface area contributed by atoms with Crippen LogP contribution in [0.15, 0.2) is 78.9 Å². The molecular weight excluding hydrogens is 548 g/mol. The maximum atomic E-state index is 13.8. The molecule has 7 nitrogen and oxygen atoms in total. The molecule has 43 heavy (non-hydrogen) atoms. The number of hydrogen-bond donors (Lipinski definition) is 1. The third-order valence-corrected chi connectivity index (χ3v) is 8.35. The molecule has 228 valence electrons. The zero-order valence-corrected chi connectivity index (χ0v) is 25.0. The van der Waals surface area contributed by atoms with Crippen LogP contribution in [-0.2, 0) is 4.79 Å². The fourth-order valence-electron chi connectivity index (χ4n) is 6.06. The van der Waals surface area contributed by atoms with Crippen molar-refractivity contribution in [1.82, 2.24) is 20.0 Å². The SMILES string of the molecule is CC(C)C[C@H](NC(=O)N1CCN(c2ccccc2)CC1)C(=O)N1CCN(C(c2ccc(F)cc2)c2ccc(F)cc2)CC1. The van der Waals surface area contributed by atoms with E-state index < -0.39 is 6.04 Å². The van der Waals surface area contributed by atoms with Gasteiger partial charge < -0.3 is 20.0 Å². The number of para-hydroxylation sites is 1. The van der Waals surface area contributed by atoms with Crippen molar-refractivity contribution in [2.24, 2.45) is 5.92 Å². The van der Waals surface area contributed by atoms with E-state index in [-0.39, 0.29) is 35.5 Å². The third kappa shape index (κ3) is 7.70. The average molecular weight is 590 g/mol. The van der Waals surface area contributed by atoms with Gasteiger partial charge in [0, 0.05) is 58.0 Å². The lowest BCUT2D eigenvalue weighted by Gasteiger charge is -2.41. The van der Waals surface area contributed by atoms with Gasteiger partial charge >= 0.3 is 6.03 Å². The minimum Gasteiger partial charge on any atom is -0.368 e. The molecule has 3 amide bonds. The highest BCUT2D eigenvalue weighted by molar-refractivity contribution is 5.87. The Hall–Kier alpha value is -3.98. The number of carbonyl (C=O) groups is 2. The standard InChI is InChI=1S/C34H41F2N5O2/c1-25(2)24-31(37-34(43)41-22-16-38(17-23-41)30-6-4-3-5-7-30)33(42)40-20-18-39(19-21-40)32(26-8-12-28(35)13-9-26)27-10-14-29(36)15-11-27/h3-15,25,31-32H,16-24H2,1-2H3,(H,37,43)/t31-/m0/s1. The molecule has 0 aliphatic carbocycles. The molecule has 2 aliphatic heterocycles. The lowest BCUT2D eigenvalue weighted by molar-refractivity contribution is -0.135. The van der Waals surface area contributed by atoms with Gasteiger partial charge in [-0.1, -0.05) is 56.3 Å². The van der Waals surface area contributed by atoms with Gasteiger partial charge in [-0.3, -0.25) is 9.69 Å². The van der Waals surface area contributed by atoms with Gasteiger partial charge in [-0.15, -0.1) is 0 Å². The molecule has 2 heterocycles. The summed E-state index contributed by atoms with van der Waals surface area (Å²) in [6, 6.07) is 22.0. The number of carbonyl (C=O) groups excluding carboxylic acids is 2. The topological polar surface area (TPSA) is 59.1 Å². The number of nitrogens with one attached hydrogen (secondary N) is 1. The van der Waals surface area contributed by atoms with Crippen LogP contribution >= 0.6 is 0 Å². The van der Waals surface area contributed by atoms with Crippen LogP contribution in [0.3, 0.4) is 0 Å². The van der Waals surface area contributed by atoms with Crippen LogP contribution < -0.4 is 10.2 Å². The molecule has 2 fully saturated rings. The number of halogens is 2. The fourth-order valence-corrected chi connectivity index (χ4v) is 6.06. The van der Waals surface area contributed by atoms with Crippen molar-refractivity contribution in [2.45, 2.75) is 32.4 Å². The number of amides is 3. The van der Waals surface area contributed by atoms with E-state index in [1.807, 2.05) is 23.1 Å². The number of benzene rings is 3. The molecule has 2 saturated heterocycles. The smallest absolute Gasteiger partial charge is 0.318 e. The molecule has 0 aromatic heterocycles. The number of piperazine rings is 2. The van der Waals surface area contributed by atoms with Gasteiger partial charge in [0.2, 0.25) is 5.91 Å². The Morgan fingerprint density at radius 1 is 0.698 bits per heavy atom. The Kier molecular flexibility index (Phi) is 9.92. The molecule has 0 bridgehead atoms. The highest BCUT2D eigenvalue weighted by Crippen LogP contribution is 2.30. The molecule has 1 N–H and O–H groups in total. The molecule has 2 aliphatic rings. The molecule has 0 spiro atoms. The Morgan fingerprint density at radius 3 is 1.72 bits per heavy atom. The average Bonchev–Trinajstić information content (AvgIpc) is 3.03. The second-order valence-corrected chi connectivity index (χ2v) is 11.8. The van der Waals surface area contributed by atoms with Crippen LogP contribution in [0.5, 0.6) is 0 Å². The Balaban J connectivity index is 1.21. The van der Waals surface area contributed by atoms with Crippen molar-refractivity contribution in [3.8, 4) is 0 Å². The predicted octanol–water partition coefficient (Wildman–Crippen LogP) is 5.14. The largest absolute Gasteiger partial charge is 0.368 e.